The lowest BCUT2D eigenvalue weighted by atomic mass is 9.99. The normalized spacial score (nSPS) is 12.9. The highest BCUT2D eigenvalue weighted by atomic mass is 79.9. The Kier molecular flexibility index (Phi) is 5.33. The summed E-state index contributed by atoms with van der Waals surface area (Å²) in [6.45, 7) is 9.48. The minimum Gasteiger partial charge on any atom is -0.493 e. The molecule has 90 valence electrons. The van der Waals surface area contributed by atoms with Gasteiger partial charge in [0.1, 0.15) is 5.75 Å². The summed E-state index contributed by atoms with van der Waals surface area (Å²) in [6, 6.07) is 6.28. The van der Waals surface area contributed by atoms with Gasteiger partial charge in [-0.2, -0.15) is 0 Å². The van der Waals surface area contributed by atoms with E-state index >= 15 is 0 Å². The number of aryl methyl sites for hydroxylation is 2. The summed E-state index contributed by atoms with van der Waals surface area (Å²) in [4.78, 5) is 0. The van der Waals surface area contributed by atoms with Gasteiger partial charge in [-0.25, -0.2) is 0 Å². The largest absolute Gasteiger partial charge is 0.493 e. The number of alkyl halides is 1. The molecule has 1 unspecified atom stereocenters. The lowest BCUT2D eigenvalue weighted by Gasteiger charge is -2.19. The van der Waals surface area contributed by atoms with Gasteiger partial charge in [0.15, 0.2) is 0 Å². The van der Waals surface area contributed by atoms with E-state index in [0.717, 1.165) is 17.7 Å². The Morgan fingerprint density at radius 2 is 1.88 bits per heavy atom. The molecule has 0 amide bonds. The van der Waals surface area contributed by atoms with E-state index in [2.05, 4.69) is 55.8 Å². The zero-order valence-electron chi connectivity index (χ0n) is 10.6. The van der Waals surface area contributed by atoms with Gasteiger partial charge in [0.2, 0.25) is 0 Å². The van der Waals surface area contributed by atoms with Crippen molar-refractivity contribution in [2.75, 3.05) is 11.9 Å². The molecule has 1 atom stereocenters. The predicted molar refractivity (Wildman–Crippen MR) is 73.5 cm³/mol. The number of rotatable bonds is 5. The van der Waals surface area contributed by atoms with E-state index in [1.165, 1.54) is 11.1 Å². The maximum atomic E-state index is 5.83. The first-order valence-corrected chi connectivity index (χ1v) is 6.92. The summed E-state index contributed by atoms with van der Waals surface area (Å²) >= 11 is 3.54. The van der Waals surface area contributed by atoms with Crippen molar-refractivity contribution in [3.63, 3.8) is 0 Å². The molecular weight excluding hydrogens is 264 g/mol. The molecular formula is C14H21BrO. The van der Waals surface area contributed by atoms with Crippen LogP contribution in [-0.4, -0.2) is 11.9 Å². The van der Waals surface area contributed by atoms with E-state index in [1.54, 1.807) is 0 Å². The van der Waals surface area contributed by atoms with Crippen LogP contribution in [0.5, 0.6) is 5.75 Å². The molecule has 0 aliphatic carbocycles. The Labute approximate surface area is 107 Å². The first-order valence-electron chi connectivity index (χ1n) is 5.80. The van der Waals surface area contributed by atoms with Crippen LogP contribution in [0.15, 0.2) is 18.2 Å². The van der Waals surface area contributed by atoms with E-state index in [4.69, 9.17) is 4.74 Å². The third-order valence-electron chi connectivity index (χ3n) is 3.08. The number of halogens is 1. The van der Waals surface area contributed by atoms with Crippen molar-refractivity contribution in [3.8, 4) is 5.75 Å². The molecule has 1 aromatic rings. The molecule has 1 rings (SSSR count). The average molecular weight is 285 g/mol. The molecule has 2 heteroatoms. The molecule has 0 aliphatic heterocycles. The highest BCUT2D eigenvalue weighted by Gasteiger charge is 2.12. The number of hydrogen-bond donors (Lipinski definition) is 0. The molecule has 0 radical (unpaired) electrons. The van der Waals surface area contributed by atoms with E-state index in [9.17, 15) is 0 Å². The van der Waals surface area contributed by atoms with Gasteiger partial charge in [0, 0.05) is 11.2 Å². The SMILES string of the molecule is Cc1ccc(OCC(CBr)C(C)C)cc1C. The minimum atomic E-state index is 0.571. The summed E-state index contributed by atoms with van der Waals surface area (Å²) in [5.41, 5.74) is 2.60. The van der Waals surface area contributed by atoms with E-state index in [0.29, 0.717) is 11.8 Å². The summed E-state index contributed by atoms with van der Waals surface area (Å²) in [5.74, 6) is 2.20. The lowest BCUT2D eigenvalue weighted by molar-refractivity contribution is 0.227. The molecule has 0 bridgehead atoms. The standard InChI is InChI=1S/C14H21BrO/c1-10(2)13(8-15)9-16-14-6-5-11(3)12(4)7-14/h5-7,10,13H,8-9H2,1-4H3. The van der Waals surface area contributed by atoms with Crippen molar-refractivity contribution in [3.05, 3.63) is 29.3 Å². The maximum Gasteiger partial charge on any atom is 0.119 e. The molecule has 0 spiro atoms. The number of hydrogen-bond acceptors (Lipinski definition) is 1. The summed E-state index contributed by atoms with van der Waals surface area (Å²) < 4.78 is 5.83. The van der Waals surface area contributed by atoms with Gasteiger partial charge in [0.05, 0.1) is 6.61 Å². The van der Waals surface area contributed by atoms with Gasteiger partial charge in [-0.05, 0) is 43.0 Å². The van der Waals surface area contributed by atoms with Crippen LogP contribution in [0, 0.1) is 25.7 Å². The van der Waals surface area contributed by atoms with Crippen LogP contribution in [0.4, 0.5) is 0 Å². The molecule has 0 aromatic heterocycles. The first-order chi connectivity index (χ1) is 7.54. The fourth-order valence-corrected chi connectivity index (χ4v) is 2.36. The topological polar surface area (TPSA) is 9.23 Å². The monoisotopic (exact) mass is 284 g/mol. The van der Waals surface area contributed by atoms with Crippen molar-refractivity contribution in [2.24, 2.45) is 11.8 Å². The maximum absolute atomic E-state index is 5.83. The molecule has 0 saturated carbocycles. The van der Waals surface area contributed by atoms with Crippen LogP contribution in [-0.2, 0) is 0 Å². The third-order valence-corrected chi connectivity index (χ3v) is 3.92. The van der Waals surface area contributed by atoms with Crippen molar-refractivity contribution in [1.29, 1.82) is 0 Å². The molecule has 0 saturated heterocycles. The van der Waals surface area contributed by atoms with Crippen molar-refractivity contribution >= 4 is 15.9 Å². The van der Waals surface area contributed by atoms with Crippen LogP contribution in [0.1, 0.15) is 25.0 Å². The molecule has 0 aliphatic rings. The van der Waals surface area contributed by atoms with Gasteiger partial charge in [-0.1, -0.05) is 35.8 Å². The molecule has 16 heavy (non-hydrogen) atoms. The quantitative estimate of drug-likeness (QED) is 0.731. The fourth-order valence-electron chi connectivity index (χ4n) is 1.42. The van der Waals surface area contributed by atoms with Crippen molar-refractivity contribution < 1.29 is 4.74 Å². The van der Waals surface area contributed by atoms with Gasteiger partial charge >= 0.3 is 0 Å². The van der Waals surface area contributed by atoms with E-state index in [1.807, 2.05) is 6.07 Å². The molecule has 0 heterocycles. The van der Waals surface area contributed by atoms with Crippen molar-refractivity contribution in [1.82, 2.24) is 0 Å². The van der Waals surface area contributed by atoms with Crippen LogP contribution in [0.25, 0.3) is 0 Å². The number of ether oxygens (including phenoxy) is 1. The van der Waals surface area contributed by atoms with Crippen LogP contribution in [0.3, 0.4) is 0 Å². The fraction of sp³-hybridized carbons (Fsp3) is 0.571. The molecule has 1 aromatic carbocycles. The highest BCUT2D eigenvalue weighted by Crippen LogP contribution is 2.19. The van der Waals surface area contributed by atoms with Crippen molar-refractivity contribution in [2.45, 2.75) is 27.7 Å². The zero-order chi connectivity index (χ0) is 12.1. The van der Waals surface area contributed by atoms with Crippen LogP contribution >= 0.6 is 15.9 Å². The summed E-state index contributed by atoms with van der Waals surface area (Å²) in [5, 5.41) is 0.996. The van der Waals surface area contributed by atoms with E-state index < -0.39 is 0 Å². The predicted octanol–water partition coefficient (Wildman–Crippen LogP) is 4.35. The molecule has 0 N–H and O–H groups in total. The van der Waals surface area contributed by atoms with Gasteiger partial charge in [0.25, 0.3) is 0 Å². The molecule has 1 nitrogen and oxygen atoms in total. The minimum absolute atomic E-state index is 0.571. The highest BCUT2D eigenvalue weighted by molar-refractivity contribution is 9.09. The second-order valence-corrected chi connectivity index (χ2v) is 5.36. The zero-order valence-corrected chi connectivity index (χ0v) is 12.2. The van der Waals surface area contributed by atoms with E-state index in [-0.39, 0.29) is 0 Å². The third kappa shape index (κ3) is 3.82. The summed E-state index contributed by atoms with van der Waals surface area (Å²) in [7, 11) is 0. The Hall–Kier alpha value is -0.500. The smallest absolute Gasteiger partial charge is 0.119 e. The summed E-state index contributed by atoms with van der Waals surface area (Å²) in [6.07, 6.45) is 0. The van der Waals surface area contributed by atoms with Gasteiger partial charge < -0.3 is 4.74 Å². The molecule has 0 fully saturated rings. The Balaban J connectivity index is 2.57. The number of benzene rings is 1. The lowest BCUT2D eigenvalue weighted by Crippen LogP contribution is -2.19. The Bertz CT molecular complexity index is 334. The van der Waals surface area contributed by atoms with Gasteiger partial charge in [-0.15, -0.1) is 0 Å². The van der Waals surface area contributed by atoms with Crippen LogP contribution < -0.4 is 4.74 Å². The Morgan fingerprint density at radius 1 is 1.19 bits per heavy atom. The second-order valence-electron chi connectivity index (χ2n) is 4.72. The Morgan fingerprint density at radius 3 is 2.38 bits per heavy atom. The van der Waals surface area contributed by atoms with Crippen LogP contribution in [0.2, 0.25) is 0 Å². The average Bonchev–Trinajstić information content (AvgIpc) is 2.23. The first kappa shape index (κ1) is 13.6. The second kappa shape index (κ2) is 6.29. The van der Waals surface area contributed by atoms with Gasteiger partial charge in [-0.3, -0.25) is 0 Å².